The highest BCUT2D eigenvalue weighted by Gasteiger charge is 2.45. The Morgan fingerprint density at radius 3 is 1.83 bits per heavy atom. The van der Waals surface area contributed by atoms with Crippen LogP contribution < -0.4 is 21.3 Å². The fourth-order valence-electron chi connectivity index (χ4n) is 4.06. The molecule has 0 aliphatic heterocycles. The first kappa shape index (κ1) is 24.5. The Balaban J connectivity index is 1.77. The molecule has 166 valence electrons. The molecular formula is C19H36N4O3S2Si. The van der Waals surface area contributed by atoms with Crippen molar-refractivity contribution >= 4 is 43.5 Å². The Bertz CT molecular complexity index is 569. The molecule has 0 spiro atoms. The third-order valence-corrected chi connectivity index (χ3v) is 9.11. The molecule has 0 radical (unpaired) electrons. The van der Waals surface area contributed by atoms with E-state index in [1.54, 1.807) is 21.3 Å². The second-order valence-corrected chi connectivity index (χ2v) is 11.5. The predicted octanol–water partition coefficient (Wildman–Crippen LogP) is 1.93. The second kappa shape index (κ2) is 12.2. The molecule has 0 heterocycles. The van der Waals surface area contributed by atoms with E-state index in [4.69, 9.17) is 37.7 Å². The lowest BCUT2D eigenvalue weighted by Gasteiger charge is -2.31. The van der Waals surface area contributed by atoms with E-state index in [1.807, 2.05) is 0 Å². The predicted molar refractivity (Wildman–Crippen MR) is 127 cm³/mol. The van der Waals surface area contributed by atoms with E-state index < -0.39 is 8.80 Å². The minimum atomic E-state index is -2.52. The zero-order valence-corrected chi connectivity index (χ0v) is 20.6. The van der Waals surface area contributed by atoms with Gasteiger partial charge in [-0.1, -0.05) is 25.5 Å². The van der Waals surface area contributed by atoms with Crippen LogP contribution in [0.3, 0.4) is 0 Å². The minimum Gasteiger partial charge on any atom is -0.377 e. The summed E-state index contributed by atoms with van der Waals surface area (Å²) in [4.78, 5) is 0. The topological polar surface area (TPSA) is 75.8 Å². The van der Waals surface area contributed by atoms with Crippen LogP contribution in [0.25, 0.3) is 0 Å². The molecular weight excluding hydrogens is 424 g/mol. The highest BCUT2D eigenvalue weighted by molar-refractivity contribution is 7.80. The standard InChI is InChI=1S/C19H36N4O3S2Si/c1-5-6-10-20-18(27)22-16-14-8-9-15(13-14)17(16)23-19(28)21-11-7-12-29(24-2,25-3)26-4/h8-9,14-17H,5-7,10-13H2,1-4H3,(H2,20,22,27)(H2,21,23,28). The fraction of sp³-hybridized carbons (Fsp3) is 0.789. The fourth-order valence-corrected chi connectivity index (χ4v) is 6.26. The summed E-state index contributed by atoms with van der Waals surface area (Å²) < 4.78 is 16.4. The van der Waals surface area contributed by atoms with Crippen molar-refractivity contribution in [2.75, 3.05) is 34.4 Å². The van der Waals surface area contributed by atoms with Crippen LogP contribution in [0.15, 0.2) is 12.2 Å². The Kier molecular flexibility index (Phi) is 10.3. The molecule has 4 atom stereocenters. The normalized spacial score (nSPS) is 25.1. The average molecular weight is 461 g/mol. The number of hydrogen-bond donors (Lipinski definition) is 4. The van der Waals surface area contributed by atoms with Crippen LogP contribution in [0, 0.1) is 11.8 Å². The molecule has 1 fully saturated rings. The summed E-state index contributed by atoms with van der Waals surface area (Å²) in [7, 11) is 2.38. The van der Waals surface area contributed by atoms with Gasteiger partial charge in [0.2, 0.25) is 0 Å². The van der Waals surface area contributed by atoms with Gasteiger partial charge in [0.05, 0.1) is 12.1 Å². The Morgan fingerprint density at radius 2 is 1.38 bits per heavy atom. The molecule has 4 N–H and O–H groups in total. The lowest BCUT2D eigenvalue weighted by molar-refractivity contribution is 0.123. The quantitative estimate of drug-likeness (QED) is 0.151. The molecule has 1 saturated carbocycles. The number of nitrogens with one attached hydrogen (secondary N) is 4. The van der Waals surface area contributed by atoms with E-state index >= 15 is 0 Å². The zero-order chi connectivity index (χ0) is 21.3. The van der Waals surface area contributed by atoms with Crippen molar-refractivity contribution in [2.24, 2.45) is 11.8 Å². The highest BCUT2D eigenvalue weighted by atomic mass is 32.1. The van der Waals surface area contributed by atoms with E-state index in [9.17, 15) is 0 Å². The molecule has 2 aliphatic rings. The smallest absolute Gasteiger partial charge is 0.377 e. The maximum absolute atomic E-state index is 5.55. The Hall–Kier alpha value is -0.783. The number of hydrogen-bond acceptors (Lipinski definition) is 5. The average Bonchev–Trinajstić information content (AvgIpc) is 3.32. The van der Waals surface area contributed by atoms with Crippen molar-refractivity contribution in [3.8, 4) is 0 Å². The molecule has 0 saturated heterocycles. The van der Waals surface area contributed by atoms with Gasteiger partial charge in [-0.3, -0.25) is 0 Å². The summed E-state index contributed by atoms with van der Waals surface area (Å²) in [5, 5.41) is 15.0. The monoisotopic (exact) mass is 460 g/mol. The summed E-state index contributed by atoms with van der Waals surface area (Å²) in [6, 6.07) is 1.23. The van der Waals surface area contributed by atoms with Crippen LogP contribution in [0.5, 0.6) is 0 Å². The van der Waals surface area contributed by atoms with Gasteiger partial charge in [0.1, 0.15) is 0 Å². The molecule has 2 bridgehead atoms. The zero-order valence-electron chi connectivity index (χ0n) is 18.0. The van der Waals surface area contributed by atoms with Crippen LogP contribution in [0.1, 0.15) is 32.6 Å². The molecule has 0 aromatic carbocycles. The first-order chi connectivity index (χ1) is 14.0. The number of thiocarbonyl (C=S) groups is 2. The molecule has 10 heteroatoms. The molecule has 0 amide bonds. The van der Waals surface area contributed by atoms with Gasteiger partial charge in [0.25, 0.3) is 0 Å². The van der Waals surface area contributed by atoms with Gasteiger partial charge in [-0.15, -0.1) is 0 Å². The van der Waals surface area contributed by atoms with Gasteiger partial charge in [0.15, 0.2) is 10.2 Å². The largest absolute Gasteiger partial charge is 0.500 e. The van der Waals surface area contributed by atoms with Crippen molar-refractivity contribution in [3.63, 3.8) is 0 Å². The van der Waals surface area contributed by atoms with Crippen molar-refractivity contribution < 1.29 is 13.3 Å². The van der Waals surface area contributed by atoms with E-state index in [2.05, 4.69) is 40.3 Å². The van der Waals surface area contributed by atoms with Gasteiger partial charge in [-0.2, -0.15) is 0 Å². The first-order valence-corrected chi connectivity index (χ1v) is 13.2. The first-order valence-electron chi connectivity index (χ1n) is 10.4. The van der Waals surface area contributed by atoms with E-state index in [0.717, 1.165) is 49.9 Å². The molecule has 0 aromatic rings. The van der Waals surface area contributed by atoms with Crippen molar-refractivity contribution in [1.29, 1.82) is 0 Å². The minimum absolute atomic E-state index is 0.237. The van der Waals surface area contributed by atoms with Gasteiger partial charge < -0.3 is 34.5 Å². The summed E-state index contributed by atoms with van der Waals surface area (Å²) >= 11 is 11.0. The third kappa shape index (κ3) is 6.86. The summed E-state index contributed by atoms with van der Waals surface area (Å²) in [6.45, 7) is 3.82. The Morgan fingerprint density at radius 1 is 0.897 bits per heavy atom. The van der Waals surface area contributed by atoms with Crippen LogP contribution in [0.4, 0.5) is 0 Å². The van der Waals surface area contributed by atoms with E-state index in [-0.39, 0.29) is 12.1 Å². The molecule has 0 aromatic heterocycles. The van der Waals surface area contributed by atoms with Crippen molar-refractivity contribution in [3.05, 3.63) is 12.2 Å². The van der Waals surface area contributed by atoms with Gasteiger partial charge in [-0.05, 0) is 55.5 Å². The maximum Gasteiger partial charge on any atom is 0.500 e. The number of rotatable bonds is 12. The van der Waals surface area contributed by atoms with Crippen molar-refractivity contribution in [1.82, 2.24) is 21.3 Å². The van der Waals surface area contributed by atoms with Crippen LogP contribution in [0.2, 0.25) is 6.04 Å². The van der Waals surface area contributed by atoms with Crippen molar-refractivity contribution in [2.45, 2.75) is 50.7 Å². The van der Waals surface area contributed by atoms with E-state index in [1.165, 1.54) is 0 Å². The molecule has 4 unspecified atom stereocenters. The SMILES string of the molecule is CCCCNC(=S)NC1C2C=CC(C2)C1NC(=S)NCCC[Si](OC)(OC)OC. The van der Waals surface area contributed by atoms with Gasteiger partial charge >= 0.3 is 8.80 Å². The Labute approximate surface area is 187 Å². The highest BCUT2D eigenvalue weighted by Crippen LogP contribution is 2.39. The lowest BCUT2D eigenvalue weighted by atomic mass is 9.96. The summed E-state index contributed by atoms with van der Waals surface area (Å²) in [5.41, 5.74) is 0. The summed E-state index contributed by atoms with van der Waals surface area (Å²) in [5.74, 6) is 0.967. The lowest BCUT2D eigenvalue weighted by Crippen LogP contribution is -2.57. The third-order valence-electron chi connectivity index (χ3n) is 5.75. The van der Waals surface area contributed by atoms with E-state index in [0.29, 0.717) is 16.9 Å². The molecule has 7 nitrogen and oxygen atoms in total. The summed E-state index contributed by atoms with van der Waals surface area (Å²) in [6.07, 6.45) is 8.86. The van der Waals surface area contributed by atoms with Crippen LogP contribution in [-0.2, 0) is 13.3 Å². The molecule has 2 aliphatic carbocycles. The molecule has 2 rings (SSSR count). The second-order valence-electron chi connectivity index (χ2n) is 7.55. The van der Waals surface area contributed by atoms with Crippen LogP contribution >= 0.6 is 24.4 Å². The molecule has 29 heavy (non-hydrogen) atoms. The van der Waals surface area contributed by atoms with Crippen LogP contribution in [-0.4, -0.2) is 65.5 Å². The van der Waals surface area contributed by atoms with Gasteiger partial charge in [0, 0.05) is 40.5 Å². The number of unbranched alkanes of at least 4 members (excludes halogenated alkanes) is 1. The van der Waals surface area contributed by atoms with Gasteiger partial charge in [-0.25, -0.2) is 0 Å². The maximum atomic E-state index is 5.55. The number of fused-ring (bicyclic) bond motifs is 2.